The monoisotopic (exact) mass is 222 g/mol. The molecule has 0 aromatic heterocycles. The van der Waals surface area contributed by atoms with E-state index in [9.17, 15) is 9.59 Å². The fourth-order valence-electron chi connectivity index (χ4n) is 3.53. The zero-order valence-corrected chi connectivity index (χ0v) is 9.00. The van der Waals surface area contributed by atoms with Crippen LogP contribution in [0.3, 0.4) is 0 Å². The first-order chi connectivity index (χ1) is 7.77. The van der Waals surface area contributed by atoms with E-state index in [2.05, 4.69) is 9.80 Å². The highest BCUT2D eigenvalue weighted by Gasteiger charge is 2.57. The summed E-state index contributed by atoms with van der Waals surface area (Å²) >= 11 is 0. The highest BCUT2D eigenvalue weighted by atomic mass is 16.2. The lowest BCUT2D eigenvalue weighted by Crippen LogP contribution is -2.69. The molecule has 0 radical (unpaired) electrons. The van der Waals surface area contributed by atoms with Crippen LogP contribution in [0.2, 0.25) is 0 Å². The maximum absolute atomic E-state index is 11.9. The Bertz CT molecular complexity index is 349. The fraction of sp³-hybridized carbons (Fsp3) is 0.800. The van der Waals surface area contributed by atoms with Gasteiger partial charge in [-0.05, 0) is 0 Å². The van der Waals surface area contributed by atoms with Gasteiger partial charge in [0, 0.05) is 39.3 Å². The summed E-state index contributed by atoms with van der Waals surface area (Å²) in [6.45, 7) is 5.31. The van der Waals surface area contributed by atoms with E-state index in [1.165, 1.54) is 0 Å². The van der Waals surface area contributed by atoms with Gasteiger partial charge in [-0.1, -0.05) is 0 Å². The van der Waals surface area contributed by atoms with Crippen LogP contribution in [0.4, 0.5) is 0 Å². The Kier molecular flexibility index (Phi) is 1.54. The van der Waals surface area contributed by atoms with Gasteiger partial charge < -0.3 is 9.80 Å². The van der Waals surface area contributed by atoms with Crippen molar-refractivity contribution in [2.45, 2.75) is 12.3 Å². The predicted octanol–water partition coefficient (Wildman–Crippen LogP) is -2.05. The minimum absolute atomic E-state index is 0.126. The number of carbonyl (C=O) groups is 2. The van der Waals surface area contributed by atoms with Gasteiger partial charge in [0.2, 0.25) is 0 Å². The Hall–Kier alpha value is -1.14. The average molecular weight is 222 g/mol. The van der Waals surface area contributed by atoms with Crippen molar-refractivity contribution in [3.8, 4) is 0 Å². The van der Waals surface area contributed by atoms with E-state index >= 15 is 0 Å². The molecule has 0 N–H and O–H groups in total. The second kappa shape index (κ2) is 2.75. The first-order valence-electron chi connectivity index (χ1n) is 5.87. The summed E-state index contributed by atoms with van der Waals surface area (Å²) in [5, 5.41) is 0. The van der Waals surface area contributed by atoms with Crippen LogP contribution < -0.4 is 0 Å². The number of piperazine rings is 2. The topological polar surface area (TPSA) is 47.1 Å². The molecule has 2 amide bonds. The van der Waals surface area contributed by atoms with Crippen molar-refractivity contribution >= 4 is 11.8 Å². The highest BCUT2D eigenvalue weighted by Crippen LogP contribution is 2.34. The summed E-state index contributed by atoms with van der Waals surface area (Å²) in [5.41, 5.74) is 0. The van der Waals surface area contributed by atoms with Crippen LogP contribution in [0, 0.1) is 0 Å². The standard InChI is InChI=1S/C10H14N4O2/c15-9-10(16)14-6-4-12-2-1-11-3-5-13(9)7(11)8(12)14/h7-8H,1-6H2/t7-,8+. The molecule has 6 nitrogen and oxygen atoms in total. The zero-order chi connectivity index (χ0) is 10.9. The molecule has 0 spiro atoms. The molecule has 0 aromatic rings. The molecule has 0 unspecified atom stereocenters. The summed E-state index contributed by atoms with van der Waals surface area (Å²) in [7, 11) is 0. The number of hydrogen-bond acceptors (Lipinski definition) is 4. The van der Waals surface area contributed by atoms with Crippen LogP contribution in [0.5, 0.6) is 0 Å². The van der Waals surface area contributed by atoms with Gasteiger partial charge in [0.25, 0.3) is 0 Å². The molecule has 4 rings (SSSR count). The maximum atomic E-state index is 11.9. The maximum Gasteiger partial charge on any atom is 0.313 e. The smallest absolute Gasteiger partial charge is 0.313 e. The Morgan fingerprint density at radius 2 is 1.06 bits per heavy atom. The van der Waals surface area contributed by atoms with E-state index in [0.717, 1.165) is 26.2 Å². The molecule has 4 saturated heterocycles. The second-order valence-corrected chi connectivity index (χ2v) is 4.90. The number of hydrogen-bond donors (Lipinski definition) is 0. The van der Waals surface area contributed by atoms with Crippen LogP contribution in [-0.4, -0.2) is 83.0 Å². The van der Waals surface area contributed by atoms with Gasteiger partial charge in [-0.2, -0.15) is 0 Å². The van der Waals surface area contributed by atoms with Crippen LogP contribution in [0.1, 0.15) is 0 Å². The number of carbonyl (C=O) groups excluding carboxylic acids is 2. The molecule has 0 saturated carbocycles. The van der Waals surface area contributed by atoms with E-state index in [-0.39, 0.29) is 24.1 Å². The molecule has 0 bridgehead atoms. The van der Waals surface area contributed by atoms with Gasteiger partial charge in [0.05, 0.1) is 0 Å². The minimum atomic E-state index is -0.299. The predicted molar refractivity (Wildman–Crippen MR) is 54.1 cm³/mol. The van der Waals surface area contributed by atoms with E-state index in [4.69, 9.17) is 0 Å². The normalized spacial score (nSPS) is 38.5. The third-order valence-electron chi connectivity index (χ3n) is 4.29. The largest absolute Gasteiger partial charge is 0.314 e. The third kappa shape index (κ3) is 0.860. The van der Waals surface area contributed by atoms with Crippen LogP contribution >= 0.6 is 0 Å². The van der Waals surface area contributed by atoms with Gasteiger partial charge in [-0.15, -0.1) is 0 Å². The van der Waals surface area contributed by atoms with Crippen molar-refractivity contribution in [1.29, 1.82) is 0 Å². The van der Waals surface area contributed by atoms with Crippen molar-refractivity contribution in [1.82, 2.24) is 19.6 Å². The lowest BCUT2D eigenvalue weighted by Gasteiger charge is -2.48. The second-order valence-electron chi connectivity index (χ2n) is 4.90. The molecule has 0 aromatic carbocycles. The molecule has 4 fully saturated rings. The number of rotatable bonds is 0. The van der Waals surface area contributed by atoms with Gasteiger partial charge in [0.15, 0.2) is 0 Å². The third-order valence-corrected chi connectivity index (χ3v) is 4.29. The van der Waals surface area contributed by atoms with Crippen molar-refractivity contribution in [3.63, 3.8) is 0 Å². The van der Waals surface area contributed by atoms with E-state index < -0.39 is 0 Å². The fourth-order valence-corrected chi connectivity index (χ4v) is 3.53. The van der Waals surface area contributed by atoms with E-state index in [0.29, 0.717) is 13.1 Å². The number of amides is 2. The van der Waals surface area contributed by atoms with Crippen LogP contribution in [0.15, 0.2) is 0 Å². The Morgan fingerprint density at radius 1 is 0.688 bits per heavy atom. The summed E-state index contributed by atoms with van der Waals surface area (Å²) < 4.78 is 0. The van der Waals surface area contributed by atoms with Crippen molar-refractivity contribution in [2.75, 3.05) is 39.3 Å². The number of nitrogens with zero attached hydrogens (tertiary/aromatic N) is 4. The SMILES string of the molecule is O=C1C(=O)N2CCN3CCN4CCN1[C@@H]4[C@@H]32. The molecule has 16 heavy (non-hydrogen) atoms. The highest BCUT2D eigenvalue weighted by molar-refractivity contribution is 6.35. The Labute approximate surface area is 93.4 Å². The lowest BCUT2D eigenvalue weighted by molar-refractivity contribution is -0.169. The van der Waals surface area contributed by atoms with Gasteiger partial charge >= 0.3 is 11.8 Å². The summed E-state index contributed by atoms with van der Waals surface area (Å²) in [6, 6.07) is 0. The van der Waals surface area contributed by atoms with E-state index in [1.54, 1.807) is 9.80 Å². The Morgan fingerprint density at radius 3 is 1.50 bits per heavy atom. The molecular formula is C10H14N4O2. The molecule has 6 heteroatoms. The Balaban J connectivity index is 1.81. The minimum Gasteiger partial charge on any atom is -0.314 e. The molecule has 4 aliphatic heterocycles. The molecule has 0 aliphatic carbocycles. The van der Waals surface area contributed by atoms with Crippen LogP contribution in [-0.2, 0) is 9.59 Å². The first-order valence-corrected chi connectivity index (χ1v) is 5.87. The van der Waals surface area contributed by atoms with Gasteiger partial charge in [-0.3, -0.25) is 19.4 Å². The first kappa shape index (κ1) is 8.95. The van der Waals surface area contributed by atoms with E-state index in [1.807, 2.05) is 0 Å². The van der Waals surface area contributed by atoms with Gasteiger partial charge in [0.1, 0.15) is 12.3 Å². The molecule has 4 heterocycles. The quantitative estimate of drug-likeness (QED) is 0.443. The van der Waals surface area contributed by atoms with Gasteiger partial charge in [-0.25, -0.2) is 0 Å². The van der Waals surface area contributed by atoms with Crippen molar-refractivity contribution in [3.05, 3.63) is 0 Å². The molecule has 2 atom stereocenters. The average Bonchev–Trinajstić information content (AvgIpc) is 2.88. The van der Waals surface area contributed by atoms with Crippen molar-refractivity contribution in [2.24, 2.45) is 0 Å². The summed E-state index contributed by atoms with van der Waals surface area (Å²) in [4.78, 5) is 32.0. The lowest BCUT2D eigenvalue weighted by atomic mass is 10.1. The summed E-state index contributed by atoms with van der Waals surface area (Å²) in [6.07, 6.45) is 0.253. The molecule has 4 aliphatic rings. The van der Waals surface area contributed by atoms with Crippen molar-refractivity contribution < 1.29 is 9.59 Å². The molecule has 86 valence electrons. The zero-order valence-electron chi connectivity index (χ0n) is 9.00. The van der Waals surface area contributed by atoms with Crippen LogP contribution in [0.25, 0.3) is 0 Å². The summed E-state index contributed by atoms with van der Waals surface area (Å²) in [5.74, 6) is -0.597. The molecular weight excluding hydrogens is 208 g/mol.